The molecular weight excluding hydrogens is 232 g/mol. The number of urea groups is 1. The number of likely N-dealkylation sites (N-methyl/N-ethyl adjacent to an activating group) is 1. The van der Waals surface area contributed by atoms with Gasteiger partial charge >= 0.3 is 12.0 Å². The minimum absolute atomic E-state index is 0.117. The summed E-state index contributed by atoms with van der Waals surface area (Å²) in [7, 11) is 1.57. The van der Waals surface area contributed by atoms with Gasteiger partial charge in [-0.25, -0.2) is 4.79 Å². The normalized spacial score (nSPS) is 27.5. The van der Waals surface area contributed by atoms with Crippen LogP contribution in [0.15, 0.2) is 0 Å². The fraction of sp³-hybridized carbons (Fsp3) is 0.846. The van der Waals surface area contributed by atoms with E-state index < -0.39 is 5.97 Å². The number of carbonyl (C=O) groups is 2. The molecule has 2 rings (SSSR count). The predicted octanol–water partition coefficient (Wildman–Crippen LogP) is 1.78. The third kappa shape index (κ3) is 2.76. The maximum Gasteiger partial charge on any atom is 0.323 e. The number of hydrogen-bond donors (Lipinski definition) is 1. The van der Waals surface area contributed by atoms with Crippen molar-refractivity contribution in [2.45, 2.75) is 44.6 Å². The molecular formula is C13H22N2O3. The van der Waals surface area contributed by atoms with Crippen LogP contribution in [-0.4, -0.2) is 53.1 Å². The first-order chi connectivity index (χ1) is 8.59. The molecule has 2 atom stereocenters. The Hall–Kier alpha value is -1.26. The van der Waals surface area contributed by atoms with Crippen molar-refractivity contribution in [2.24, 2.45) is 5.92 Å². The number of hydrogen-bond acceptors (Lipinski definition) is 2. The van der Waals surface area contributed by atoms with Crippen molar-refractivity contribution in [1.29, 1.82) is 0 Å². The van der Waals surface area contributed by atoms with Gasteiger partial charge in [0.2, 0.25) is 0 Å². The molecule has 0 spiro atoms. The summed E-state index contributed by atoms with van der Waals surface area (Å²) in [5, 5.41) is 8.75. The first-order valence-corrected chi connectivity index (χ1v) is 6.83. The van der Waals surface area contributed by atoms with E-state index >= 15 is 0 Å². The van der Waals surface area contributed by atoms with Crippen LogP contribution in [0.1, 0.15) is 38.5 Å². The maximum absolute atomic E-state index is 12.3. The van der Waals surface area contributed by atoms with Crippen molar-refractivity contribution in [3.8, 4) is 0 Å². The lowest BCUT2D eigenvalue weighted by Gasteiger charge is -2.45. The second-order valence-electron chi connectivity index (χ2n) is 5.48. The zero-order valence-electron chi connectivity index (χ0n) is 11.0. The number of piperidine rings is 1. The summed E-state index contributed by atoms with van der Waals surface area (Å²) >= 11 is 0. The van der Waals surface area contributed by atoms with Crippen LogP contribution in [0, 0.1) is 5.92 Å². The second-order valence-corrected chi connectivity index (χ2v) is 5.48. The highest BCUT2D eigenvalue weighted by atomic mass is 16.4. The second kappa shape index (κ2) is 5.59. The quantitative estimate of drug-likeness (QED) is 0.817. The third-order valence-electron chi connectivity index (χ3n) is 4.19. The van der Waals surface area contributed by atoms with Crippen LogP contribution in [-0.2, 0) is 4.79 Å². The van der Waals surface area contributed by atoms with E-state index in [1.165, 1.54) is 30.6 Å². The van der Waals surface area contributed by atoms with Crippen LogP contribution in [0.2, 0.25) is 0 Å². The van der Waals surface area contributed by atoms with Crippen LogP contribution < -0.4 is 0 Å². The fourth-order valence-electron chi connectivity index (χ4n) is 3.35. The Bertz CT molecular complexity index is 330. The molecule has 102 valence electrons. The first kappa shape index (κ1) is 13.2. The highest BCUT2D eigenvalue weighted by molar-refractivity contribution is 5.80. The highest BCUT2D eigenvalue weighted by Gasteiger charge is 2.36. The number of fused-ring (bicyclic) bond motifs is 1. The van der Waals surface area contributed by atoms with E-state index in [1.807, 2.05) is 4.90 Å². The van der Waals surface area contributed by atoms with Gasteiger partial charge < -0.3 is 14.9 Å². The van der Waals surface area contributed by atoms with Crippen molar-refractivity contribution in [3.05, 3.63) is 0 Å². The van der Waals surface area contributed by atoms with Gasteiger partial charge in [0.25, 0.3) is 0 Å². The van der Waals surface area contributed by atoms with E-state index in [1.54, 1.807) is 7.05 Å². The lowest BCUT2D eigenvalue weighted by molar-refractivity contribution is -0.137. The Morgan fingerprint density at radius 2 is 1.89 bits per heavy atom. The largest absolute Gasteiger partial charge is 0.480 e. The van der Waals surface area contributed by atoms with Gasteiger partial charge in [-0.05, 0) is 31.6 Å². The number of carbonyl (C=O) groups excluding carboxylic acids is 1. The molecule has 0 aromatic heterocycles. The molecule has 0 radical (unpaired) electrons. The average Bonchev–Trinajstić information content (AvgIpc) is 2.36. The SMILES string of the molecule is CN(CC(=O)O)C(=O)N1CCC[C@H]2CCCC[C@H]21. The molecule has 1 saturated heterocycles. The Morgan fingerprint density at radius 1 is 1.22 bits per heavy atom. The van der Waals surface area contributed by atoms with Gasteiger partial charge in [-0.3, -0.25) is 4.79 Å². The summed E-state index contributed by atoms with van der Waals surface area (Å²) in [5.74, 6) is -0.322. The Morgan fingerprint density at radius 3 is 2.61 bits per heavy atom. The van der Waals surface area contributed by atoms with Crippen LogP contribution in [0.25, 0.3) is 0 Å². The number of aliphatic carboxylic acids is 1. The van der Waals surface area contributed by atoms with Gasteiger partial charge in [-0.2, -0.15) is 0 Å². The molecule has 0 unspecified atom stereocenters. The average molecular weight is 254 g/mol. The molecule has 0 aromatic rings. The lowest BCUT2D eigenvalue weighted by Crippen LogP contribution is -2.54. The highest BCUT2D eigenvalue weighted by Crippen LogP contribution is 2.35. The van der Waals surface area contributed by atoms with E-state index in [2.05, 4.69) is 0 Å². The molecule has 5 heteroatoms. The van der Waals surface area contributed by atoms with Crippen LogP contribution in [0.5, 0.6) is 0 Å². The molecule has 1 heterocycles. The van der Waals surface area contributed by atoms with Gasteiger partial charge in [0.05, 0.1) is 0 Å². The predicted molar refractivity (Wildman–Crippen MR) is 67.3 cm³/mol. The summed E-state index contributed by atoms with van der Waals surface area (Å²) < 4.78 is 0. The van der Waals surface area contributed by atoms with E-state index in [9.17, 15) is 9.59 Å². The summed E-state index contributed by atoms with van der Waals surface area (Å²) in [6.45, 7) is 0.566. The molecule has 0 bridgehead atoms. The summed E-state index contributed by atoms with van der Waals surface area (Å²) in [4.78, 5) is 26.2. The monoisotopic (exact) mass is 254 g/mol. The smallest absolute Gasteiger partial charge is 0.323 e. The molecule has 2 fully saturated rings. The van der Waals surface area contributed by atoms with Gasteiger partial charge in [0, 0.05) is 19.6 Å². The Labute approximate surface area is 108 Å². The van der Waals surface area contributed by atoms with Gasteiger partial charge in [-0.1, -0.05) is 12.8 Å². The van der Waals surface area contributed by atoms with Crippen LogP contribution in [0.3, 0.4) is 0 Å². The van der Waals surface area contributed by atoms with Gasteiger partial charge in [0.1, 0.15) is 6.54 Å². The molecule has 1 saturated carbocycles. The van der Waals surface area contributed by atoms with E-state index in [4.69, 9.17) is 5.11 Å². The number of nitrogens with zero attached hydrogens (tertiary/aromatic N) is 2. The van der Waals surface area contributed by atoms with E-state index in [-0.39, 0.29) is 12.6 Å². The molecule has 2 amide bonds. The van der Waals surface area contributed by atoms with Crippen LogP contribution >= 0.6 is 0 Å². The molecule has 5 nitrogen and oxygen atoms in total. The number of rotatable bonds is 2. The Kier molecular flexibility index (Phi) is 4.09. The fourth-order valence-corrected chi connectivity index (χ4v) is 3.35. The molecule has 1 N–H and O–H groups in total. The zero-order chi connectivity index (χ0) is 13.1. The molecule has 1 aliphatic carbocycles. The molecule has 2 aliphatic rings. The van der Waals surface area contributed by atoms with Crippen molar-refractivity contribution < 1.29 is 14.7 Å². The molecule has 18 heavy (non-hydrogen) atoms. The third-order valence-corrected chi connectivity index (χ3v) is 4.19. The summed E-state index contributed by atoms with van der Waals surface area (Å²) in [5.41, 5.74) is 0. The minimum Gasteiger partial charge on any atom is -0.480 e. The first-order valence-electron chi connectivity index (χ1n) is 6.83. The van der Waals surface area contributed by atoms with Crippen molar-refractivity contribution in [1.82, 2.24) is 9.80 Å². The molecule has 1 aliphatic heterocycles. The minimum atomic E-state index is -0.956. The van der Waals surface area contributed by atoms with Gasteiger partial charge in [0.15, 0.2) is 0 Å². The topological polar surface area (TPSA) is 60.9 Å². The standard InChI is InChI=1S/C13H22N2O3/c1-14(9-12(16)17)13(18)15-8-4-6-10-5-2-3-7-11(10)15/h10-11H,2-9H2,1H3,(H,16,17)/t10-,11-/m1/s1. The van der Waals surface area contributed by atoms with Crippen LogP contribution in [0.4, 0.5) is 4.79 Å². The van der Waals surface area contributed by atoms with E-state index in [0.717, 1.165) is 19.4 Å². The Balaban J connectivity index is 2.01. The number of amides is 2. The van der Waals surface area contributed by atoms with Crippen molar-refractivity contribution in [2.75, 3.05) is 20.1 Å². The summed E-state index contributed by atoms with van der Waals surface area (Å²) in [6.07, 6.45) is 7.03. The lowest BCUT2D eigenvalue weighted by atomic mass is 9.78. The summed E-state index contributed by atoms with van der Waals surface area (Å²) in [6, 6.07) is 0.227. The maximum atomic E-state index is 12.3. The van der Waals surface area contributed by atoms with E-state index in [0.29, 0.717) is 12.0 Å². The van der Waals surface area contributed by atoms with Crippen molar-refractivity contribution in [3.63, 3.8) is 0 Å². The van der Waals surface area contributed by atoms with Gasteiger partial charge in [-0.15, -0.1) is 0 Å². The zero-order valence-corrected chi connectivity index (χ0v) is 11.0. The number of likely N-dealkylation sites (tertiary alicyclic amines) is 1. The molecule has 0 aromatic carbocycles. The van der Waals surface area contributed by atoms with Crippen molar-refractivity contribution >= 4 is 12.0 Å². The number of carboxylic acid groups (broad SMARTS) is 1. The number of carboxylic acids is 1.